The Kier molecular flexibility index (Phi) is 5.08. The van der Waals surface area contributed by atoms with E-state index in [9.17, 15) is 13.2 Å². The second kappa shape index (κ2) is 6.64. The highest BCUT2D eigenvalue weighted by Gasteiger charge is 2.09. The van der Waals surface area contributed by atoms with Crippen molar-refractivity contribution in [2.24, 2.45) is 0 Å². The molecule has 0 spiro atoms. The van der Waals surface area contributed by atoms with Crippen molar-refractivity contribution >= 4 is 39.0 Å². The summed E-state index contributed by atoms with van der Waals surface area (Å²) in [5.41, 5.74) is 0.611. The Bertz CT molecular complexity index is 735. The molecule has 2 aromatic rings. The summed E-state index contributed by atoms with van der Waals surface area (Å²) >= 11 is 7.14. The van der Waals surface area contributed by atoms with Crippen LogP contribution in [0.3, 0.4) is 0 Å². The molecule has 0 aromatic heterocycles. The van der Waals surface area contributed by atoms with E-state index < -0.39 is 9.84 Å². The second-order valence-electron chi connectivity index (χ2n) is 4.46. The first kappa shape index (κ1) is 16.1. The molecule has 3 nitrogen and oxygen atoms in total. The molecule has 0 aliphatic rings. The molecule has 0 saturated carbocycles. The zero-order valence-electron chi connectivity index (χ0n) is 11.2. The number of rotatable bonds is 5. The summed E-state index contributed by atoms with van der Waals surface area (Å²) in [6.07, 6.45) is 1.17. The van der Waals surface area contributed by atoms with Gasteiger partial charge in [0.05, 0.1) is 10.6 Å². The molecular weight excluding hydrogens is 328 g/mol. The summed E-state index contributed by atoms with van der Waals surface area (Å²) in [4.78, 5) is 13.1. The van der Waals surface area contributed by atoms with E-state index in [2.05, 4.69) is 0 Å². The van der Waals surface area contributed by atoms with Crippen LogP contribution in [-0.2, 0) is 9.84 Å². The molecule has 0 aliphatic carbocycles. The van der Waals surface area contributed by atoms with Crippen molar-refractivity contribution in [3.05, 3.63) is 59.1 Å². The fourth-order valence-electron chi connectivity index (χ4n) is 1.65. The summed E-state index contributed by atoms with van der Waals surface area (Å²) < 4.78 is 22.7. The number of hydrogen-bond acceptors (Lipinski definition) is 4. The van der Waals surface area contributed by atoms with Crippen LogP contribution in [0.4, 0.5) is 0 Å². The minimum atomic E-state index is -3.19. The fraction of sp³-hybridized carbons (Fsp3) is 0.133. The van der Waals surface area contributed by atoms with Crippen LogP contribution >= 0.6 is 23.4 Å². The van der Waals surface area contributed by atoms with Gasteiger partial charge >= 0.3 is 0 Å². The number of carbonyl (C=O) groups excluding carboxylic acids is 1. The quantitative estimate of drug-likeness (QED) is 0.615. The van der Waals surface area contributed by atoms with E-state index in [1.807, 2.05) is 0 Å². The highest BCUT2D eigenvalue weighted by atomic mass is 35.5. The highest BCUT2D eigenvalue weighted by molar-refractivity contribution is 8.00. The summed E-state index contributed by atoms with van der Waals surface area (Å²) in [6, 6.07) is 13.2. The lowest BCUT2D eigenvalue weighted by Gasteiger charge is -2.03. The Balaban J connectivity index is 2.00. The normalized spacial score (nSPS) is 11.3. The third-order valence-electron chi connectivity index (χ3n) is 2.79. The average Bonchev–Trinajstić information content (AvgIpc) is 2.45. The van der Waals surface area contributed by atoms with Gasteiger partial charge in [-0.05, 0) is 48.5 Å². The molecule has 0 bridgehead atoms. The van der Waals surface area contributed by atoms with Gasteiger partial charge in [-0.2, -0.15) is 0 Å². The third-order valence-corrected chi connectivity index (χ3v) is 5.18. The topological polar surface area (TPSA) is 51.2 Å². The third kappa shape index (κ3) is 4.59. The molecule has 0 atom stereocenters. The van der Waals surface area contributed by atoms with Gasteiger partial charge in [0.25, 0.3) is 0 Å². The van der Waals surface area contributed by atoms with Crippen molar-refractivity contribution in [3.63, 3.8) is 0 Å². The van der Waals surface area contributed by atoms with Gasteiger partial charge in [-0.3, -0.25) is 4.79 Å². The summed E-state index contributed by atoms with van der Waals surface area (Å²) in [5, 5.41) is 0.593. The fourth-order valence-corrected chi connectivity index (χ4v) is 3.20. The van der Waals surface area contributed by atoms with E-state index in [0.717, 1.165) is 4.90 Å². The lowest BCUT2D eigenvalue weighted by molar-refractivity contribution is 0.102. The van der Waals surface area contributed by atoms with Gasteiger partial charge in [-0.25, -0.2) is 8.42 Å². The first-order valence-electron chi connectivity index (χ1n) is 6.08. The van der Waals surface area contributed by atoms with Crippen molar-refractivity contribution < 1.29 is 13.2 Å². The van der Waals surface area contributed by atoms with Gasteiger partial charge in [0.2, 0.25) is 0 Å². The average molecular weight is 341 g/mol. The highest BCUT2D eigenvalue weighted by Crippen LogP contribution is 2.21. The molecule has 0 N–H and O–H groups in total. The predicted octanol–water partition coefficient (Wildman–Crippen LogP) is 3.72. The van der Waals surface area contributed by atoms with Gasteiger partial charge in [0.15, 0.2) is 15.6 Å². The first-order chi connectivity index (χ1) is 9.86. The number of sulfone groups is 1. The second-order valence-corrected chi connectivity index (χ2v) is 7.96. The van der Waals surface area contributed by atoms with Crippen molar-refractivity contribution in [3.8, 4) is 0 Å². The van der Waals surface area contributed by atoms with Crippen LogP contribution in [0.25, 0.3) is 0 Å². The van der Waals surface area contributed by atoms with E-state index in [-0.39, 0.29) is 10.7 Å². The Morgan fingerprint density at radius 3 is 2.14 bits per heavy atom. The van der Waals surface area contributed by atoms with Crippen LogP contribution in [-0.4, -0.2) is 26.2 Å². The molecule has 21 heavy (non-hydrogen) atoms. The smallest absolute Gasteiger partial charge is 0.175 e. The largest absolute Gasteiger partial charge is 0.293 e. The standard InChI is InChI=1S/C15H13ClO3S2/c1-21(18,19)14-8-6-13(7-9-14)20-10-15(17)11-2-4-12(16)5-3-11/h2-9H,10H2,1H3. The Labute approximate surface area is 133 Å². The van der Waals surface area contributed by atoms with Crippen LogP contribution in [0.1, 0.15) is 10.4 Å². The molecule has 6 heteroatoms. The minimum absolute atomic E-state index is 0.00357. The number of ketones is 1. The Morgan fingerprint density at radius 2 is 1.62 bits per heavy atom. The lowest BCUT2D eigenvalue weighted by atomic mass is 10.1. The zero-order chi connectivity index (χ0) is 15.5. The Morgan fingerprint density at radius 1 is 1.05 bits per heavy atom. The molecule has 0 amide bonds. The number of benzene rings is 2. The molecule has 0 radical (unpaired) electrons. The number of hydrogen-bond donors (Lipinski definition) is 0. The molecule has 2 rings (SSSR count). The van der Waals surface area contributed by atoms with Gasteiger partial charge in [-0.1, -0.05) is 11.6 Å². The van der Waals surface area contributed by atoms with Gasteiger partial charge in [0, 0.05) is 21.7 Å². The lowest BCUT2D eigenvalue weighted by Crippen LogP contribution is -2.02. The van der Waals surface area contributed by atoms with Gasteiger partial charge in [0.1, 0.15) is 0 Å². The molecule has 0 unspecified atom stereocenters. The predicted molar refractivity (Wildman–Crippen MR) is 86.1 cm³/mol. The van der Waals surface area contributed by atoms with Crippen LogP contribution in [0, 0.1) is 0 Å². The molecule has 0 heterocycles. The maximum absolute atomic E-state index is 12.0. The van der Waals surface area contributed by atoms with E-state index in [1.54, 1.807) is 48.5 Å². The maximum atomic E-state index is 12.0. The van der Waals surface area contributed by atoms with E-state index >= 15 is 0 Å². The zero-order valence-corrected chi connectivity index (χ0v) is 13.6. The van der Waals surface area contributed by atoms with Gasteiger partial charge in [-0.15, -0.1) is 11.8 Å². The number of carbonyl (C=O) groups is 1. The van der Waals surface area contributed by atoms with Crippen molar-refractivity contribution in [2.45, 2.75) is 9.79 Å². The van der Waals surface area contributed by atoms with E-state index in [0.29, 0.717) is 16.3 Å². The molecular formula is C15H13ClO3S2. The Hall–Kier alpha value is -1.30. The number of halogens is 1. The summed E-state index contributed by atoms with van der Waals surface area (Å²) in [7, 11) is -3.19. The summed E-state index contributed by atoms with van der Waals surface area (Å²) in [6.45, 7) is 0. The molecule has 110 valence electrons. The number of Topliss-reactive ketones (excluding diaryl/α,β-unsaturated/α-hetero) is 1. The number of thioether (sulfide) groups is 1. The SMILES string of the molecule is CS(=O)(=O)c1ccc(SCC(=O)c2ccc(Cl)cc2)cc1. The van der Waals surface area contributed by atoms with Crippen LogP contribution in [0.15, 0.2) is 58.3 Å². The van der Waals surface area contributed by atoms with Gasteiger partial charge < -0.3 is 0 Å². The van der Waals surface area contributed by atoms with Crippen molar-refractivity contribution in [1.82, 2.24) is 0 Å². The first-order valence-corrected chi connectivity index (χ1v) is 9.33. The van der Waals surface area contributed by atoms with Crippen LogP contribution < -0.4 is 0 Å². The maximum Gasteiger partial charge on any atom is 0.175 e. The van der Waals surface area contributed by atoms with E-state index in [4.69, 9.17) is 11.6 Å². The van der Waals surface area contributed by atoms with Crippen molar-refractivity contribution in [1.29, 1.82) is 0 Å². The van der Waals surface area contributed by atoms with E-state index in [1.165, 1.54) is 18.0 Å². The van der Waals surface area contributed by atoms with Crippen LogP contribution in [0.2, 0.25) is 5.02 Å². The summed E-state index contributed by atoms with van der Waals surface area (Å²) in [5.74, 6) is 0.295. The van der Waals surface area contributed by atoms with Crippen molar-refractivity contribution in [2.75, 3.05) is 12.0 Å². The molecule has 2 aromatic carbocycles. The monoisotopic (exact) mass is 340 g/mol. The molecule has 0 fully saturated rings. The van der Waals surface area contributed by atoms with Crippen LogP contribution in [0.5, 0.6) is 0 Å². The minimum Gasteiger partial charge on any atom is -0.293 e. The molecule has 0 aliphatic heterocycles. The molecule has 0 saturated heterocycles.